The maximum Gasteiger partial charge on any atom is 0.408 e. The van der Waals surface area contributed by atoms with E-state index >= 15 is 0 Å². The summed E-state index contributed by atoms with van der Waals surface area (Å²) >= 11 is 4.83. The fourth-order valence-corrected chi connectivity index (χ4v) is 3.55. The number of carbonyl (C=O) groups is 2. The third kappa shape index (κ3) is 5.50. The minimum atomic E-state index is -0.982. The first kappa shape index (κ1) is 17.0. The van der Waals surface area contributed by atoms with Crippen LogP contribution in [0.4, 0.5) is 4.79 Å². The highest BCUT2D eigenvalue weighted by Gasteiger charge is 2.25. The first-order valence-corrected chi connectivity index (χ1v) is 7.66. The van der Waals surface area contributed by atoms with Gasteiger partial charge in [-0.2, -0.15) is 0 Å². The van der Waals surface area contributed by atoms with Gasteiger partial charge in [-0.3, -0.25) is 4.79 Å². The van der Waals surface area contributed by atoms with Crippen molar-refractivity contribution in [3.8, 4) is 0 Å². The Labute approximate surface area is 130 Å². The van der Waals surface area contributed by atoms with E-state index in [1.165, 1.54) is 11.3 Å². The molecular formula is C13H18BrNO4S. The average Bonchev–Trinajstić information content (AvgIpc) is 2.53. The number of carbonyl (C=O) groups excluding carboxylic acids is 1. The lowest BCUT2D eigenvalue weighted by Crippen LogP contribution is -2.35. The number of hydrogen-bond donors (Lipinski definition) is 2. The first-order chi connectivity index (χ1) is 9.08. The Bertz CT molecular complexity index is 507. The molecule has 1 rings (SSSR count). The van der Waals surface area contributed by atoms with Gasteiger partial charge in [-0.05, 0) is 49.7 Å². The summed E-state index contributed by atoms with van der Waals surface area (Å²) in [5.41, 5.74) is -0.625. The van der Waals surface area contributed by atoms with Crippen molar-refractivity contribution in [1.29, 1.82) is 0 Å². The molecule has 1 aromatic heterocycles. The fourth-order valence-electron chi connectivity index (χ4n) is 1.57. The van der Waals surface area contributed by atoms with Gasteiger partial charge in [-0.1, -0.05) is 0 Å². The van der Waals surface area contributed by atoms with Gasteiger partial charge >= 0.3 is 12.1 Å². The zero-order valence-electron chi connectivity index (χ0n) is 11.8. The molecular weight excluding hydrogens is 346 g/mol. The molecule has 20 heavy (non-hydrogen) atoms. The van der Waals surface area contributed by atoms with Crippen LogP contribution in [0.1, 0.15) is 43.0 Å². The Morgan fingerprint density at radius 3 is 2.50 bits per heavy atom. The quantitative estimate of drug-likeness (QED) is 0.851. The molecule has 1 amide bonds. The Hall–Kier alpha value is -1.08. The van der Waals surface area contributed by atoms with E-state index in [1.807, 2.05) is 13.0 Å². The van der Waals surface area contributed by atoms with E-state index in [0.717, 1.165) is 14.2 Å². The summed E-state index contributed by atoms with van der Waals surface area (Å²) in [5, 5.41) is 11.6. The number of aryl methyl sites for hydroxylation is 1. The van der Waals surface area contributed by atoms with Crippen LogP contribution in [0.2, 0.25) is 0 Å². The van der Waals surface area contributed by atoms with Crippen molar-refractivity contribution in [1.82, 2.24) is 5.32 Å². The molecule has 0 saturated heterocycles. The SMILES string of the molecule is Cc1cc(Br)c(C(CC(=O)O)NC(=O)OC(C)(C)C)s1. The summed E-state index contributed by atoms with van der Waals surface area (Å²) in [4.78, 5) is 24.6. The van der Waals surface area contributed by atoms with Gasteiger partial charge in [-0.15, -0.1) is 11.3 Å². The lowest BCUT2D eigenvalue weighted by Gasteiger charge is -2.22. The minimum Gasteiger partial charge on any atom is -0.481 e. The van der Waals surface area contributed by atoms with Crippen molar-refractivity contribution in [2.75, 3.05) is 0 Å². The number of ether oxygens (including phenoxy) is 1. The molecule has 0 radical (unpaired) electrons. The molecule has 112 valence electrons. The van der Waals surface area contributed by atoms with Crippen LogP contribution in [0.3, 0.4) is 0 Å². The van der Waals surface area contributed by atoms with Gasteiger partial charge < -0.3 is 15.2 Å². The van der Waals surface area contributed by atoms with E-state index in [2.05, 4.69) is 21.2 Å². The number of rotatable bonds is 4. The minimum absolute atomic E-state index is 0.197. The predicted molar refractivity (Wildman–Crippen MR) is 81.1 cm³/mol. The molecule has 0 aliphatic carbocycles. The predicted octanol–water partition coefficient (Wildman–Crippen LogP) is 3.86. The van der Waals surface area contributed by atoms with Crippen molar-refractivity contribution in [2.24, 2.45) is 0 Å². The number of nitrogens with one attached hydrogen (secondary N) is 1. The second-order valence-electron chi connectivity index (χ2n) is 5.37. The maximum absolute atomic E-state index is 11.8. The van der Waals surface area contributed by atoms with Crippen LogP contribution in [0.5, 0.6) is 0 Å². The zero-order chi connectivity index (χ0) is 15.5. The van der Waals surface area contributed by atoms with E-state index in [1.54, 1.807) is 20.8 Å². The molecule has 2 N–H and O–H groups in total. The number of alkyl carbamates (subject to hydrolysis) is 1. The monoisotopic (exact) mass is 363 g/mol. The number of hydrogen-bond acceptors (Lipinski definition) is 4. The molecule has 1 heterocycles. The van der Waals surface area contributed by atoms with Crippen molar-refractivity contribution >= 4 is 39.3 Å². The van der Waals surface area contributed by atoms with E-state index in [-0.39, 0.29) is 6.42 Å². The number of halogens is 1. The van der Waals surface area contributed by atoms with Crippen LogP contribution < -0.4 is 5.32 Å². The van der Waals surface area contributed by atoms with E-state index < -0.39 is 23.7 Å². The maximum atomic E-state index is 11.8. The number of amides is 1. The summed E-state index contributed by atoms with van der Waals surface area (Å²) in [5.74, 6) is -0.982. The first-order valence-electron chi connectivity index (χ1n) is 6.05. The molecule has 0 fully saturated rings. The highest BCUT2D eigenvalue weighted by atomic mass is 79.9. The van der Waals surface area contributed by atoms with E-state index in [0.29, 0.717) is 0 Å². The summed E-state index contributed by atoms with van der Waals surface area (Å²) in [6.45, 7) is 7.18. The summed E-state index contributed by atoms with van der Waals surface area (Å²) in [7, 11) is 0. The average molecular weight is 364 g/mol. The Balaban J connectivity index is 2.88. The van der Waals surface area contributed by atoms with E-state index in [4.69, 9.17) is 9.84 Å². The van der Waals surface area contributed by atoms with Crippen molar-refractivity contribution in [3.63, 3.8) is 0 Å². The molecule has 7 heteroatoms. The van der Waals surface area contributed by atoms with Gasteiger partial charge in [0.1, 0.15) is 5.60 Å². The molecule has 1 aromatic rings. The van der Waals surface area contributed by atoms with Crippen LogP contribution in [0.25, 0.3) is 0 Å². The summed E-state index contributed by atoms with van der Waals surface area (Å²) in [6, 6.07) is 1.28. The van der Waals surface area contributed by atoms with Gasteiger partial charge in [0.15, 0.2) is 0 Å². The van der Waals surface area contributed by atoms with Crippen LogP contribution in [-0.2, 0) is 9.53 Å². The number of carboxylic acids is 1. The highest BCUT2D eigenvalue weighted by Crippen LogP contribution is 2.34. The van der Waals surface area contributed by atoms with Crippen LogP contribution in [-0.4, -0.2) is 22.8 Å². The summed E-state index contributed by atoms with van der Waals surface area (Å²) in [6.07, 6.45) is -0.820. The highest BCUT2D eigenvalue weighted by molar-refractivity contribution is 9.10. The molecule has 0 spiro atoms. The van der Waals surface area contributed by atoms with Crippen LogP contribution >= 0.6 is 27.3 Å². The smallest absolute Gasteiger partial charge is 0.408 e. The molecule has 5 nitrogen and oxygen atoms in total. The van der Waals surface area contributed by atoms with E-state index in [9.17, 15) is 9.59 Å². The lowest BCUT2D eigenvalue weighted by molar-refractivity contribution is -0.137. The van der Waals surface area contributed by atoms with Gasteiger partial charge in [0.25, 0.3) is 0 Å². The topological polar surface area (TPSA) is 75.6 Å². The molecule has 0 bridgehead atoms. The second-order valence-corrected chi connectivity index (χ2v) is 7.51. The third-order valence-electron chi connectivity index (χ3n) is 2.22. The molecule has 1 unspecified atom stereocenters. The molecule has 1 atom stereocenters. The zero-order valence-corrected chi connectivity index (χ0v) is 14.2. The summed E-state index contributed by atoms with van der Waals surface area (Å²) < 4.78 is 5.96. The second kappa shape index (κ2) is 6.58. The number of carboxylic acid groups (broad SMARTS) is 1. The van der Waals surface area contributed by atoms with Gasteiger partial charge in [0.05, 0.1) is 12.5 Å². The third-order valence-corrected chi connectivity index (χ3v) is 4.31. The Kier molecular flexibility index (Phi) is 5.59. The lowest BCUT2D eigenvalue weighted by atomic mass is 10.1. The van der Waals surface area contributed by atoms with Gasteiger partial charge in [0, 0.05) is 14.2 Å². The van der Waals surface area contributed by atoms with Gasteiger partial charge in [-0.25, -0.2) is 4.79 Å². The van der Waals surface area contributed by atoms with Crippen LogP contribution in [0, 0.1) is 6.92 Å². The normalized spacial score (nSPS) is 12.8. The largest absolute Gasteiger partial charge is 0.481 e. The number of thiophene rings is 1. The number of aliphatic carboxylic acids is 1. The van der Waals surface area contributed by atoms with Crippen molar-refractivity contribution < 1.29 is 19.4 Å². The van der Waals surface area contributed by atoms with Crippen molar-refractivity contribution in [3.05, 3.63) is 20.3 Å². The molecule has 0 saturated carbocycles. The van der Waals surface area contributed by atoms with Crippen molar-refractivity contribution in [2.45, 2.75) is 45.8 Å². The fraction of sp³-hybridized carbons (Fsp3) is 0.538. The molecule has 0 aliphatic rings. The molecule has 0 aliphatic heterocycles. The van der Waals surface area contributed by atoms with Gasteiger partial charge in [0.2, 0.25) is 0 Å². The molecule has 0 aromatic carbocycles. The standard InChI is InChI=1S/C13H18BrNO4S/c1-7-5-8(14)11(20-7)9(6-10(16)17)15-12(18)19-13(2,3)4/h5,9H,6H2,1-4H3,(H,15,18)(H,16,17). The van der Waals surface area contributed by atoms with Crippen LogP contribution in [0.15, 0.2) is 10.5 Å². The Morgan fingerprint density at radius 1 is 1.50 bits per heavy atom. The Morgan fingerprint density at radius 2 is 2.10 bits per heavy atom.